The van der Waals surface area contributed by atoms with Crippen LogP contribution in [0.15, 0.2) is 23.1 Å². The smallest absolute Gasteiger partial charge is 0.303 e. The van der Waals surface area contributed by atoms with Crippen LogP contribution in [0.3, 0.4) is 0 Å². The molecule has 1 aromatic carbocycles. The SMILES string of the molecule is NC(CCC(=O)O)C(=O)Nc1cc(S(N)(=O)=O)ccc1Cl. The second-order valence-corrected chi connectivity index (χ2v) is 6.18. The van der Waals surface area contributed by atoms with Gasteiger partial charge in [-0.05, 0) is 24.6 Å². The Kier molecular flexibility index (Phi) is 5.67. The largest absolute Gasteiger partial charge is 0.481 e. The number of primary sulfonamides is 1. The quantitative estimate of drug-likeness (QED) is 0.579. The summed E-state index contributed by atoms with van der Waals surface area (Å²) in [5, 5.41) is 15.9. The summed E-state index contributed by atoms with van der Waals surface area (Å²) in [5.41, 5.74) is 5.55. The Balaban J connectivity index is 2.87. The first-order chi connectivity index (χ1) is 9.61. The minimum Gasteiger partial charge on any atom is -0.481 e. The average molecular weight is 336 g/mol. The zero-order chi connectivity index (χ0) is 16.2. The Morgan fingerprint density at radius 2 is 2.00 bits per heavy atom. The van der Waals surface area contributed by atoms with Crippen LogP contribution < -0.4 is 16.2 Å². The highest BCUT2D eigenvalue weighted by Gasteiger charge is 2.17. The molecule has 8 nitrogen and oxygen atoms in total. The standard InChI is InChI=1S/C11H14ClN3O5S/c12-7-2-1-6(21(14,19)20)5-9(7)15-11(18)8(13)3-4-10(16)17/h1-2,5,8H,3-4,13H2,(H,15,18)(H,16,17)(H2,14,19,20). The topological polar surface area (TPSA) is 153 Å². The Bertz CT molecular complexity index is 662. The molecule has 1 unspecified atom stereocenters. The van der Waals surface area contributed by atoms with Crippen molar-refractivity contribution in [3.8, 4) is 0 Å². The number of anilines is 1. The normalized spacial score (nSPS) is 12.7. The van der Waals surface area contributed by atoms with Crippen LogP contribution in [-0.4, -0.2) is 31.4 Å². The number of halogens is 1. The van der Waals surface area contributed by atoms with Crippen LogP contribution in [-0.2, 0) is 19.6 Å². The van der Waals surface area contributed by atoms with Crippen LogP contribution >= 0.6 is 11.6 Å². The molecule has 0 bridgehead atoms. The number of aliphatic carboxylic acids is 1. The number of carboxylic acid groups (broad SMARTS) is 1. The number of rotatable bonds is 6. The second-order valence-electron chi connectivity index (χ2n) is 4.21. The summed E-state index contributed by atoms with van der Waals surface area (Å²) < 4.78 is 22.5. The molecule has 0 aromatic heterocycles. The number of nitrogens with two attached hydrogens (primary N) is 2. The van der Waals surface area contributed by atoms with E-state index in [1.165, 1.54) is 12.1 Å². The molecule has 10 heteroatoms. The molecule has 0 aliphatic carbocycles. The lowest BCUT2D eigenvalue weighted by Crippen LogP contribution is -2.36. The van der Waals surface area contributed by atoms with E-state index in [9.17, 15) is 18.0 Å². The molecule has 0 aliphatic heterocycles. The van der Waals surface area contributed by atoms with Crippen LogP contribution in [0.4, 0.5) is 5.69 Å². The van der Waals surface area contributed by atoms with Crippen molar-refractivity contribution in [2.45, 2.75) is 23.8 Å². The Morgan fingerprint density at radius 3 is 2.52 bits per heavy atom. The van der Waals surface area contributed by atoms with Gasteiger partial charge in [-0.3, -0.25) is 9.59 Å². The molecule has 21 heavy (non-hydrogen) atoms. The molecule has 0 saturated heterocycles. The predicted molar refractivity (Wildman–Crippen MR) is 76.3 cm³/mol. The van der Waals surface area contributed by atoms with Crippen molar-refractivity contribution in [1.82, 2.24) is 0 Å². The monoisotopic (exact) mass is 335 g/mol. The third-order valence-corrected chi connectivity index (χ3v) is 3.77. The molecule has 0 heterocycles. The summed E-state index contributed by atoms with van der Waals surface area (Å²) >= 11 is 5.84. The summed E-state index contributed by atoms with van der Waals surface area (Å²) in [6.07, 6.45) is -0.326. The van der Waals surface area contributed by atoms with Crippen molar-refractivity contribution in [2.24, 2.45) is 10.9 Å². The number of sulfonamides is 1. The first-order valence-electron chi connectivity index (χ1n) is 5.72. The van der Waals surface area contributed by atoms with Crippen molar-refractivity contribution in [2.75, 3.05) is 5.32 Å². The van der Waals surface area contributed by atoms with Gasteiger partial charge in [0.1, 0.15) is 0 Å². The van der Waals surface area contributed by atoms with Crippen molar-refractivity contribution in [1.29, 1.82) is 0 Å². The summed E-state index contributed by atoms with van der Waals surface area (Å²) in [6, 6.07) is 2.49. The number of carboxylic acids is 1. The summed E-state index contributed by atoms with van der Waals surface area (Å²) in [4.78, 5) is 22.0. The molecule has 116 valence electrons. The highest BCUT2D eigenvalue weighted by atomic mass is 35.5. The first kappa shape index (κ1) is 17.4. The van der Waals surface area contributed by atoms with Crippen LogP contribution in [0.1, 0.15) is 12.8 Å². The maximum absolute atomic E-state index is 11.8. The highest BCUT2D eigenvalue weighted by Crippen LogP contribution is 2.25. The molecule has 1 aromatic rings. The summed E-state index contributed by atoms with van der Waals surface area (Å²) in [5.74, 6) is -1.75. The molecule has 0 spiro atoms. The predicted octanol–water partition coefficient (Wildman–Crippen LogP) is 0.118. The Morgan fingerprint density at radius 1 is 1.38 bits per heavy atom. The molecule has 0 saturated carbocycles. The lowest BCUT2D eigenvalue weighted by molar-refractivity contribution is -0.137. The van der Waals surface area contributed by atoms with Gasteiger partial charge in [-0.25, -0.2) is 13.6 Å². The van der Waals surface area contributed by atoms with Gasteiger partial charge in [0.15, 0.2) is 0 Å². The van der Waals surface area contributed by atoms with Crippen LogP contribution in [0, 0.1) is 0 Å². The van der Waals surface area contributed by atoms with Crippen molar-refractivity contribution >= 4 is 39.2 Å². The van der Waals surface area contributed by atoms with E-state index in [2.05, 4.69) is 5.32 Å². The third-order valence-electron chi connectivity index (χ3n) is 2.53. The number of nitrogens with one attached hydrogen (secondary N) is 1. The lowest BCUT2D eigenvalue weighted by atomic mass is 10.1. The van der Waals surface area contributed by atoms with E-state index in [0.717, 1.165) is 6.07 Å². The van der Waals surface area contributed by atoms with Crippen molar-refractivity contribution in [3.05, 3.63) is 23.2 Å². The van der Waals surface area contributed by atoms with E-state index in [1.807, 2.05) is 0 Å². The van der Waals surface area contributed by atoms with Gasteiger partial charge in [-0.1, -0.05) is 11.6 Å². The fourth-order valence-electron chi connectivity index (χ4n) is 1.41. The molecular weight excluding hydrogens is 322 g/mol. The molecule has 0 radical (unpaired) electrons. The van der Waals surface area contributed by atoms with Crippen molar-refractivity contribution in [3.63, 3.8) is 0 Å². The van der Waals surface area contributed by atoms with E-state index in [4.69, 9.17) is 27.6 Å². The number of benzene rings is 1. The fourth-order valence-corrected chi connectivity index (χ4v) is 2.12. The number of hydrogen-bond donors (Lipinski definition) is 4. The maximum atomic E-state index is 11.8. The van der Waals surface area contributed by atoms with Gasteiger partial charge in [0, 0.05) is 6.42 Å². The van der Waals surface area contributed by atoms with Gasteiger partial charge >= 0.3 is 5.97 Å². The first-order valence-corrected chi connectivity index (χ1v) is 7.64. The zero-order valence-corrected chi connectivity index (χ0v) is 12.3. The Hall–Kier alpha value is -1.68. The number of hydrogen-bond acceptors (Lipinski definition) is 5. The lowest BCUT2D eigenvalue weighted by Gasteiger charge is -2.13. The second kappa shape index (κ2) is 6.85. The minimum absolute atomic E-state index is 0.0268. The van der Waals surface area contributed by atoms with Crippen LogP contribution in [0.2, 0.25) is 5.02 Å². The van der Waals surface area contributed by atoms with Gasteiger partial charge in [0.2, 0.25) is 15.9 Å². The molecule has 1 atom stereocenters. The van der Waals surface area contributed by atoms with E-state index < -0.39 is 27.9 Å². The number of amides is 1. The third kappa shape index (κ3) is 5.31. The van der Waals surface area contributed by atoms with E-state index in [-0.39, 0.29) is 28.4 Å². The van der Waals surface area contributed by atoms with Crippen LogP contribution in [0.5, 0.6) is 0 Å². The number of carbonyl (C=O) groups excluding carboxylic acids is 1. The molecule has 1 amide bonds. The van der Waals surface area contributed by atoms with Gasteiger partial charge in [-0.2, -0.15) is 0 Å². The van der Waals surface area contributed by atoms with E-state index >= 15 is 0 Å². The zero-order valence-electron chi connectivity index (χ0n) is 10.7. The fraction of sp³-hybridized carbons (Fsp3) is 0.273. The molecule has 0 fully saturated rings. The molecular formula is C11H14ClN3O5S. The summed E-state index contributed by atoms with van der Waals surface area (Å²) in [7, 11) is -3.94. The number of carbonyl (C=O) groups is 2. The van der Waals surface area contributed by atoms with Gasteiger partial charge in [-0.15, -0.1) is 0 Å². The van der Waals surface area contributed by atoms with Gasteiger partial charge in [0.25, 0.3) is 0 Å². The van der Waals surface area contributed by atoms with Gasteiger partial charge < -0.3 is 16.2 Å². The highest BCUT2D eigenvalue weighted by molar-refractivity contribution is 7.89. The minimum atomic E-state index is -3.94. The van der Waals surface area contributed by atoms with E-state index in [1.54, 1.807) is 0 Å². The average Bonchev–Trinajstić information content (AvgIpc) is 2.36. The van der Waals surface area contributed by atoms with Crippen LogP contribution in [0.25, 0.3) is 0 Å². The van der Waals surface area contributed by atoms with Gasteiger partial charge in [0.05, 0.1) is 21.6 Å². The maximum Gasteiger partial charge on any atom is 0.303 e. The summed E-state index contributed by atoms with van der Waals surface area (Å²) in [6.45, 7) is 0. The Labute approximate surface area is 126 Å². The molecule has 0 aliphatic rings. The molecule has 6 N–H and O–H groups in total. The van der Waals surface area contributed by atoms with Crippen molar-refractivity contribution < 1.29 is 23.1 Å². The molecule has 1 rings (SSSR count). The van der Waals surface area contributed by atoms with E-state index in [0.29, 0.717) is 0 Å².